The summed E-state index contributed by atoms with van der Waals surface area (Å²) in [7, 11) is 0. The average Bonchev–Trinajstić information content (AvgIpc) is 3.41. The van der Waals surface area contributed by atoms with Crippen molar-refractivity contribution in [2.24, 2.45) is 0 Å². The SMILES string of the molecule is C=CCn1c(S[C@H](C)C(=O)Nc2nc(C)cs2)nnc1-c1cc2cc(Br)ccc2o1. The van der Waals surface area contributed by atoms with Crippen molar-refractivity contribution in [3.05, 3.63) is 52.5 Å². The van der Waals surface area contributed by atoms with Crippen LogP contribution in [0.3, 0.4) is 0 Å². The van der Waals surface area contributed by atoms with E-state index >= 15 is 0 Å². The third-order valence-corrected chi connectivity index (χ3v) is 6.68. The van der Waals surface area contributed by atoms with Crippen molar-refractivity contribution in [2.75, 3.05) is 5.32 Å². The second-order valence-electron chi connectivity index (χ2n) is 6.54. The number of rotatable bonds is 7. The number of amides is 1. The van der Waals surface area contributed by atoms with Crippen LogP contribution in [0, 0.1) is 6.92 Å². The Balaban J connectivity index is 1.58. The molecule has 0 spiro atoms. The molecular weight excluding hydrogens is 486 g/mol. The number of hydrogen-bond donors (Lipinski definition) is 1. The fourth-order valence-electron chi connectivity index (χ4n) is 2.81. The first kappa shape index (κ1) is 20.8. The van der Waals surface area contributed by atoms with Crippen LogP contribution < -0.4 is 5.32 Å². The molecule has 7 nitrogen and oxygen atoms in total. The Morgan fingerprint density at radius 1 is 1.43 bits per heavy atom. The van der Waals surface area contributed by atoms with Gasteiger partial charge in [0.2, 0.25) is 11.7 Å². The third-order valence-electron chi connectivity index (χ3n) is 4.23. The van der Waals surface area contributed by atoms with Crippen LogP contribution in [0.2, 0.25) is 0 Å². The molecule has 0 bridgehead atoms. The highest BCUT2D eigenvalue weighted by Crippen LogP contribution is 2.32. The monoisotopic (exact) mass is 503 g/mol. The van der Waals surface area contributed by atoms with Crippen LogP contribution in [0.5, 0.6) is 0 Å². The molecular formula is C20H18BrN5O2S2. The fourth-order valence-corrected chi connectivity index (χ4v) is 4.73. The van der Waals surface area contributed by atoms with Crippen molar-refractivity contribution in [3.63, 3.8) is 0 Å². The van der Waals surface area contributed by atoms with E-state index in [2.05, 4.69) is 43.0 Å². The molecule has 0 saturated carbocycles. The molecule has 0 fully saturated rings. The van der Waals surface area contributed by atoms with E-state index in [-0.39, 0.29) is 11.2 Å². The van der Waals surface area contributed by atoms with Gasteiger partial charge < -0.3 is 9.73 Å². The van der Waals surface area contributed by atoms with E-state index in [0.717, 1.165) is 21.1 Å². The Hall–Kier alpha value is -2.43. The van der Waals surface area contributed by atoms with Crippen LogP contribution in [0.15, 0.2) is 56.3 Å². The lowest BCUT2D eigenvalue weighted by atomic mass is 10.2. The number of aryl methyl sites for hydroxylation is 1. The topological polar surface area (TPSA) is 85.8 Å². The van der Waals surface area contributed by atoms with Gasteiger partial charge in [-0.2, -0.15) is 0 Å². The standard InChI is InChI=1S/C20H18BrN5O2S2/c1-4-7-26-17(16-9-13-8-14(21)5-6-15(13)28-16)24-25-20(26)30-12(3)18(27)23-19-22-11(2)10-29-19/h4-6,8-10,12H,1,7H2,2-3H3,(H,22,23,27)/t12-/m1/s1. The number of thioether (sulfide) groups is 1. The number of furan rings is 1. The number of carbonyl (C=O) groups excluding carboxylic acids is 1. The molecule has 10 heteroatoms. The predicted molar refractivity (Wildman–Crippen MR) is 124 cm³/mol. The molecule has 154 valence electrons. The number of aromatic nitrogens is 4. The highest BCUT2D eigenvalue weighted by atomic mass is 79.9. The number of allylic oxidation sites excluding steroid dienone is 1. The second kappa shape index (κ2) is 8.75. The summed E-state index contributed by atoms with van der Waals surface area (Å²) in [5.41, 5.74) is 1.64. The lowest BCUT2D eigenvalue weighted by Crippen LogP contribution is -2.22. The van der Waals surface area contributed by atoms with E-state index in [1.807, 2.05) is 48.1 Å². The van der Waals surface area contributed by atoms with Gasteiger partial charge in [-0.25, -0.2) is 4.98 Å². The van der Waals surface area contributed by atoms with E-state index in [4.69, 9.17) is 4.42 Å². The molecule has 0 unspecified atom stereocenters. The van der Waals surface area contributed by atoms with Gasteiger partial charge in [0.1, 0.15) is 5.58 Å². The van der Waals surface area contributed by atoms with Gasteiger partial charge in [0, 0.05) is 21.8 Å². The third kappa shape index (κ3) is 4.35. The number of hydrogen-bond acceptors (Lipinski definition) is 7. The molecule has 1 amide bonds. The summed E-state index contributed by atoms with van der Waals surface area (Å²) in [5, 5.41) is 15.1. The second-order valence-corrected chi connectivity index (χ2v) is 9.62. The van der Waals surface area contributed by atoms with Crippen molar-refractivity contribution in [1.82, 2.24) is 19.7 Å². The number of nitrogens with one attached hydrogen (secondary N) is 1. The number of fused-ring (bicyclic) bond motifs is 1. The van der Waals surface area contributed by atoms with Crippen LogP contribution in [0.1, 0.15) is 12.6 Å². The number of nitrogens with zero attached hydrogens (tertiary/aromatic N) is 4. The minimum atomic E-state index is -0.388. The summed E-state index contributed by atoms with van der Waals surface area (Å²) in [6.45, 7) is 8.04. The van der Waals surface area contributed by atoms with Gasteiger partial charge in [-0.1, -0.05) is 33.8 Å². The molecule has 1 atom stereocenters. The summed E-state index contributed by atoms with van der Waals surface area (Å²) in [6, 6.07) is 7.74. The van der Waals surface area contributed by atoms with Gasteiger partial charge in [-0.05, 0) is 38.1 Å². The number of anilines is 1. The molecule has 30 heavy (non-hydrogen) atoms. The highest BCUT2D eigenvalue weighted by Gasteiger charge is 2.22. The van der Waals surface area contributed by atoms with E-state index in [9.17, 15) is 4.79 Å². The van der Waals surface area contributed by atoms with Crippen LogP contribution in [-0.4, -0.2) is 30.9 Å². The van der Waals surface area contributed by atoms with Crippen molar-refractivity contribution >= 4 is 61.0 Å². The number of halogens is 1. The summed E-state index contributed by atoms with van der Waals surface area (Å²) in [5.74, 6) is 1.06. The van der Waals surface area contributed by atoms with Crippen LogP contribution >= 0.6 is 39.0 Å². The Morgan fingerprint density at radius 2 is 2.27 bits per heavy atom. The summed E-state index contributed by atoms with van der Waals surface area (Å²) in [6.07, 6.45) is 1.76. The molecule has 3 heterocycles. The summed E-state index contributed by atoms with van der Waals surface area (Å²) < 4.78 is 8.83. The Morgan fingerprint density at radius 3 is 3.00 bits per heavy atom. The number of benzene rings is 1. The maximum Gasteiger partial charge on any atom is 0.239 e. The minimum Gasteiger partial charge on any atom is -0.453 e. The molecule has 0 radical (unpaired) electrons. The highest BCUT2D eigenvalue weighted by molar-refractivity contribution is 9.10. The number of carbonyl (C=O) groups is 1. The molecule has 0 aliphatic carbocycles. The Bertz CT molecular complexity index is 1230. The van der Waals surface area contributed by atoms with E-state index in [1.54, 1.807) is 6.08 Å². The fraction of sp³-hybridized carbons (Fsp3) is 0.200. The van der Waals surface area contributed by atoms with Gasteiger partial charge in [0.25, 0.3) is 0 Å². The van der Waals surface area contributed by atoms with E-state index in [1.165, 1.54) is 23.1 Å². The van der Waals surface area contributed by atoms with Crippen LogP contribution in [0.4, 0.5) is 5.13 Å². The molecule has 0 aliphatic rings. The molecule has 1 aromatic carbocycles. The number of thiazole rings is 1. The normalized spacial score (nSPS) is 12.2. The zero-order valence-electron chi connectivity index (χ0n) is 16.3. The van der Waals surface area contributed by atoms with Crippen molar-refractivity contribution in [1.29, 1.82) is 0 Å². The maximum atomic E-state index is 12.6. The van der Waals surface area contributed by atoms with E-state index in [0.29, 0.717) is 28.4 Å². The lowest BCUT2D eigenvalue weighted by Gasteiger charge is -2.11. The van der Waals surface area contributed by atoms with Gasteiger partial charge in [0.15, 0.2) is 16.0 Å². The first-order valence-electron chi connectivity index (χ1n) is 9.08. The van der Waals surface area contributed by atoms with Gasteiger partial charge in [0.05, 0.1) is 10.9 Å². The molecule has 4 rings (SSSR count). The Labute approximate surface area is 189 Å². The molecule has 1 N–H and O–H groups in total. The van der Waals surface area contributed by atoms with Crippen molar-refractivity contribution < 1.29 is 9.21 Å². The predicted octanol–water partition coefficient (Wildman–Crippen LogP) is 5.52. The average molecular weight is 504 g/mol. The Kier molecular flexibility index (Phi) is 6.07. The first-order valence-corrected chi connectivity index (χ1v) is 11.6. The van der Waals surface area contributed by atoms with Crippen LogP contribution in [0.25, 0.3) is 22.6 Å². The zero-order valence-corrected chi connectivity index (χ0v) is 19.5. The molecule has 4 aromatic rings. The smallest absolute Gasteiger partial charge is 0.239 e. The van der Waals surface area contributed by atoms with Crippen molar-refractivity contribution in [2.45, 2.75) is 30.8 Å². The zero-order chi connectivity index (χ0) is 21.3. The quantitative estimate of drug-likeness (QED) is 0.263. The molecule has 3 aromatic heterocycles. The van der Waals surface area contributed by atoms with Gasteiger partial charge in [-0.15, -0.1) is 28.1 Å². The maximum absolute atomic E-state index is 12.6. The molecule has 0 saturated heterocycles. The lowest BCUT2D eigenvalue weighted by molar-refractivity contribution is -0.115. The molecule has 0 aliphatic heterocycles. The van der Waals surface area contributed by atoms with Gasteiger partial charge >= 0.3 is 0 Å². The first-order chi connectivity index (χ1) is 14.4. The van der Waals surface area contributed by atoms with Crippen LogP contribution in [-0.2, 0) is 11.3 Å². The summed E-state index contributed by atoms with van der Waals surface area (Å²) >= 11 is 6.20. The summed E-state index contributed by atoms with van der Waals surface area (Å²) in [4.78, 5) is 16.8. The van der Waals surface area contributed by atoms with Gasteiger partial charge in [-0.3, -0.25) is 9.36 Å². The van der Waals surface area contributed by atoms with E-state index < -0.39 is 0 Å². The largest absolute Gasteiger partial charge is 0.453 e. The minimum absolute atomic E-state index is 0.141. The van der Waals surface area contributed by atoms with Crippen molar-refractivity contribution in [3.8, 4) is 11.6 Å².